The number of guanidine groups is 1. The fraction of sp³-hybridized carbons (Fsp3) is 0.944. The Morgan fingerprint density at radius 2 is 1.74 bits per heavy atom. The SMILES string of the molecule is CN=C(NCCN(CC1CC1)C1CC1)NC1CCC(C)CC1.I. The molecule has 0 heterocycles. The van der Waals surface area contributed by atoms with Crippen LogP contribution in [-0.2, 0) is 0 Å². The van der Waals surface area contributed by atoms with Gasteiger partial charge < -0.3 is 10.6 Å². The van der Waals surface area contributed by atoms with Crippen LogP contribution >= 0.6 is 24.0 Å². The van der Waals surface area contributed by atoms with Gasteiger partial charge >= 0.3 is 0 Å². The summed E-state index contributed by atoms with van der Waals surface area (Å²) in [7, 11) is 1.89. The van der Waals surface area contributed by atoms with Crippen LogP contribution in [0.4, 0.5) is 0 Å². The lowest BCUT2D eigenvalue weighted by atomic mass is 9.87. The first kappa shape index (κ1) is 19.3. The van der Waals surface area contributed by atoms with Crippen molar-refractivity contribution in [3.8, 4) is 0 Å². The van der Waals surface area contributed by atoms with Gasteiger partial charge in [-0.1, -0.05) is 6.92 Å². The van der Waals surface area contributed by atoms with Gasteiger partial charge in [-0.15, -0.1) is 24.0 Å². The Labute approximate surface area is 159 Å². The lowest BCUT2D eigenvalue weighted by Crippen LogP contribution is -2.47. The first-order chi connectivity index (χ1) is 10.7. The Kier molecular flexibility index (Phi) is 7.92. The number of nitrogens with zero attached hydrogens (tertiary/aromatic N) is 2. The molecule has 0 spiro atoms. The molecule has 0 bridgehead atoms. The highest BCUT2D eigenvalue weighted by atomic mass is 127. The van der Waals surface area contributed by atoms with E-state index in [2.05, 4.69) is 27.4 Å². The molecule has 0 radical (unpaired) electrons. The molecular formula is C18H35IN4. The van der Waals surface area contributed by atoms with Gasteiger partial charge in [-0.25, -0.2) is 0 Å². The molecule has 0 aromatic heterocycles. The van der Waals surface area contributed by atoms with Gasteiger partial charge in [-0.3, -0.25) is 9.89 Å². The van der Waals surface area contributed by atoms with Crippen molar-refractivity contribution in [2.75, 3.05) is 26.7 Å². The van der Waals surface area contributed by atoms with Crippen LogP contribution < -0.4 is 10.6 Å². The Morgan fingerprint density at radius 3 is 2.30 bits per heavy atom. The predicted molar refractivity (Wildman–Crippen MR) is 109 cm³/mol. The van der Waals surface area contributed by atoms with E-state index in [0.717, 1.165) is 30.4 Å². The first-order valence-electron chi connectivity index (χ1n) is 9.46. The van der Waals surface area contributed by atoms with Crippen molar-refractivity contribution in [2.45, 2.75) is 70.4 Å². The van der Waals surface area contributed by atoms with Gasteiger partial charge in [-0.2, -0.15) is 0 Å². The summed E-state index contributed by atoms with van der Waals surface area (Å²) in [6.07, 6.45) is 11.0. The molecule has 0 aromatic carbocycles. The van der Waals surface area contributed by atoms with E-state index in [1.54, 1.807) is 0 Å². The number of nitrogens with one attached hydrogen (secondary N) is 2. The van der Waals surface area contributed by atoms with Crippen LogP contribution in [0.2, 0.25) is 0 Å². The Morgan fingerprint density at radius 1 is 1.04 bits per heavy atom. The monoisotopic (exact) mass is 434 g/mol. The van der Waals surface area contributed by atoms with Crippen LogP contribution in [0.5, 0.6) is 0 Å². The maximum absolute atomic E-state index is 4.41. The van der Waals surface area contributed by atoms with Crippen molar-refractivity contribution in [1.29, 1.82) is 0 Å². The van der Waals surface area contributed by atoms with Crippen molar-refractivity contribution in [3.63, 3.8) is 0 Å². The summed E-state index contributed by atoms with van der Waals surface area (Å²) in [5, 5.41) is 7.15. The third-order valence-electron chi connectivity index (χ3n) is 5.52. The predicted octanol–water partition coefficient (Wildman–Crippen LogP) is 3.22. The molecule has 0 saturated heterocycles. The highest BCUT2D eigenvalue weighted by Gasteiger charge is 2.33. The minimum absolute atomic E-state index is 0. The van der Waals surface area contributed by atoms with Crippen LogP contribution in [0.1, 0.15) is 58.3 Å². The van der Waals surface area contributed by atoms with E-state index in [4.69, 9.17) is 0 Å². The standard InChI is InChI=1S/C18H34N4.HI/c1-14-3-7-16(8-4-14)21-18(19-2)20-11-12-22(17-9-10-17)13-15-5-6-15;/h14-17H,3-13H2,1-2H3,(H2,19,20,21);1H. The molecule has 3 aliphatic carbocycles. The molecular weight excluding hydrogens is 399 g/mol. The number of rotatable bonds is 7. The summed E-state index contributed by atoms with van der Waals surface area (Å²) >= 11 is 0. The topological polar surface area (TPSA) is 39.7 Å². The molecule has 4 nitrogen and oxygen atoms in total. The summed E-state index contributed by atoms with van der Waals surface area (Å²) < 4.78 is 0. The summed E-state index contributed by atoms with van der Waals surface area (Å²) in [6, 6.07) is 1.51. The molecule has 3 fully saturated rings. The van der Waals surface area contributed by atoms with Crippen molar-refractivity contribution in [1.82, 2.24) is 15.5 Å². The fourth-order valence-electron chi connectivity index (χ4n) is 3.61. The van der Waals surface area contributed by atoms with E-state index in [1.807, 2.05) is 7.05 Å². The molecule has 0 unspecified atom stereocenters. The number of halogens is 1. The van der Waals surface area contributed by atoms with Gasteiger partial charge in [0.1, 0.15) is 0 Å². The van der Waals surface area contributed by atoms with E-state index in [0.29, 0.717) is 6.04 Å². The third kappa shape index (κ3) is 6.77. The van der Waals surface area contributed by atoms with Crippen molar-refractivity contribution >= 4 is 29.9 Å². The fourth-order valence-corrected chi connectivity index (χ4v) is 3.61. The average Bonchev–Trinajstić information content (AvgIpc) is 3.39. The summed E-state index contributed by atoms with van der Waals surface area (Å²) in [6.45, 7) is 5.89. The second-order valence-electron chi connectivity index (χ2n) is 7.77. The van der Waals surface area contributed by atoms with E-state index in [-0.39, 0.29) is 24.0 Å². The van der Waals surface area contributed by atoms with Crippen molar-refractivity contribution in [3.05, 3.63) is 0 Å². The summed E-state index contributed by atoms with van der Waals surface area (Å²) in [5.41, 5.74) is 0. The maximum atomic E-state index is 4.41. The molecule has 0 atom stereocenters. The van der Waals surface area contributed by atoms with Crippen molar-refractivity contribution < 1.29 is 0 Å². The van der Waals surface area contributed by atoms with Gasteiger partial charge in [0.15, 0.2) is 5.96 Å². The third-order valence-corrected chi connectivity index (χ3v) is 5.52. The van der Waals surface area contributed by atoms with E-state index in [1.165, 1.54) is 64.5 Å². The largest absolute Gasteiger partial charge is 0.355 e. The molecule has 3 aliphatic rings. The van der Waals surface area contributed by atoms with Crippen LogP contribution in [-0.4, -0.2) is 49.6 Å². The van der Waals surface area contributed by atoms with Gasteiger partial charge in [0.25, 0.3) is 0 Å². The Hall–Kier alpha value is -0.0400. The average molecular weight is 434 g/mol. The van der Waals surface area contributed by atoms with Crippen LogP contribution in [0.3, 0.4) is 0 Å². The minimum atomic E-state index is 0. The molecule has 3 saturated carbocycles. The maximum Gasteiger partial charge on any atom is 0.191 e. The highest BCUT2D eigenvalue weighted by molar-refractivity contribution is 14.0. The number of hydrogen-bond donors (Lipinski definition) is 2. The molecule has 2 N–H and O–H groups in total. The lowest BCUT2D eigenvalue weighted by Gasteiger charge is -2.29. The highest BCUT2D eigenvalue weighted by Crippen LogP contribution is 2.34. The second kappa shape index (κ2) is 9.44. The molecule has 5 heteroatoms. The zero-order chi connectivity index (χ0) is 15.4. The Bertz CT molecular complexity index is 371. The second-order valence-corrected chi connectivity index (χ2v) is 7.77. The molecule has 0 aromatic rings. The van der Waals surface area contributed by atoms with Crippen LogP contribution in [0.15, 0.2) is 4.99 Å². The minimum Gasteiger partial charge on any atom is -0.355 e. The van der Waals surface area contributed by atoms with Gasteiger partial charge in [0.2, 0.25) is 0 Å². The lowest BCUT2D eigenvalue weighted by molar-refractivity contribution is 0.256. The molecule has 3 rings (SSSR count). The zero-order valence-electron chi connectivity index (χ0n) is 14.9. The van der Waals surface area contributed by atoms with E-state index in [9.17, 15) is 0 Å². The quantitative estimate of drug-likeness (QED) is 0.367. The van der Waals surface area contributed by atoms with Crippen LogP contribution in [0.25, 0.3) is 0 Å². The number of aliphatic imine (C=N–C) groups is 1. The molecule has 0 amide bonds. The van der Waals surface area contributed by atoms with Crippen LogP contribution in [0, 0.1) is 11.8 Å². The normalized spacial score (nSPS) is 28.4. The summed E-state index contributed by atoms with van der Waals surface area (Å²) in [4.78, 5) is 7.12. The van der Waals surface area contributed by atoms with E-state index >= 15 is 0 Å². The van der Waals surface area contributed by atoms with Crippen molar-refractivity contribution in [2.24, 2.45) is 16.8 Å². The first-order valence-corrected chi connectivity index (χ1v) is 9.46. The molecule has 134 valence electrons. The molecule has 0 aliphatic heterocycles. The zero-order valence-corrected chi connectivity index (χ0v) is 17.2. The number of hydrogen-bond acceptors (Lipinski definition) is 2. The van der Waals surface area contributed by atoms with E-state index < -0.39 is 0 Å². The smallest absolute Gasteiger partial charge is 0.191 e. The summed E-state index contributed by atoms with van der Waals surface area (Å²) in [5.74, 6) is 2.91. The van der Waals surface area contributed by atoms with Gasteiger partial charge in [-0.05, 0) is 63.2 Å². The van der Waals surface area contributed by atoms with Gasteiger partial charge in [0, 0.05) is 38.8 Å². The Balaban J connectivity index is 0.00000192. The van der Waals surface area contributed by atoms with Gasteiger partial charge in [0.05, 0.1) is 0 Å². The molecule has 23 heavy (non-hydrogen) atoms.